The molecule has 0 saturated carbocycles. The highest BCUT2D eigenvalue weighted by atomic mass is 32.1. The first kappa shape index (κ1) is 26.7. The van der Waals surface area contributed by atoms with Gasteiger partial charge in [-0.15, -0.1) is 11.3 Å². The van der Waals surface area contributed by atoms with Crippen LogP contribution in [-0.2, 0) is 17.8 Å². The van der Waals surface area contributed by atoms with Crippen LogP contribution in [0.4, 0.5) is 19.1 Å². The molecule has 1 amide bonds. The van der Waals surface area contributed by atoms with Crippen molar-refractivity contribution in [1.82, 2.24) is 29.3 Å². The number of hydrogen-bond acceptors (Lipinski definition) is 6. The zero-order valence-corrected chi connectivity index (χ0v) is 22.2. The summed E-state index contributed by atoms with van der Waals surface area (Å²) in [6, 6.07) is 6.59. The molecule has 14 heteroatoms. The summed E-state index contributed by atoms with van der Waals surface area (Å²) in [5.74, 6) is -0.125. The van der Waals surface area contributed by atoms with Crippen LogP contribution >= 0.6 is 11.3 Å². The summed E-state index contributed by atoms with van der Waals surface area (Å²) in [4.78, 5) is 33.9. The Morgan fingerprint density at radius 3 is 2.67 bits per heavy atom. The van der Waals surface area contributed by atoms with Crippen molar-refractivity contribution < 1.29 is 22.7 Å². The van der Waals surface area contributed by atoms with E-state index in [-0.39, 0.29) is 22.9 Å². The van der Waals surface area contributed by atoms with E-state index in [1.807, 2.05) is 26.8 Å². The number of imidazole rings is 2. The normalized spacial score (nSPS) is 12.2. The van der Waals surface area contributed by atoms with Gasteiger partial charge in [-0.25, -0.2) is 9.78 Å². The molecule has 5 aromatic rings. The lowest BCUT2D eigenvalue weighted by Crippen LogP contribution is -2.26. The number of carbonyl (C=O) groups is 1. The Morgan fingerprint density at radius 2 is 1.97 bits per heavy atom. The monoisotopic (exact) mass is 561 g/mol. The molecule has 1 aromatic carbocycles. The number of aryl methyl sites for hydroxylation is 3. The smallest absolute Gasteiger partial charge is 0.382 e. The van der Waals surface area contributed by atoms with Crippen LogP contribution in [0.1, 0.15) is 34.4 Å². The highest BCUT2D eigenvalue weighted by molar-refractivity contribution is 7.17. The van der Waals surface area contributed by atoms with E-state index in [4.69, 9.17) is 4.74 Å². The molecule has 0 unspecified atom stereocenters. The van der Waals surface area contributed by atoms with E-state index in [1.54, 1.807) is 10.6 Å². The van der Waals surface area contributed by atoms with Crippen molar-refractivity contribution in [2.45, 2.75) is 46.5 Å². The van der Waals surface area contributed by atoms with Gasteiger partial charge in [-0.2, -0.15) is 18.3 Å². The van der Waals surface area contributed by atoms with Gasteiger partial charge in [0, 0.05) is 35.9 Å². The summed E-state index contributed by atoms with van der Waals surface area (Å²) in [5, 5.41) is 10.0. The maximum atomic E-state index is 13.2. The zero-order chi connectivity index (χ0) is 27.9. The van der Waals surface area contributed by atoms with Crippen molar-refractivity contribution in [3.63, 3.8) is 0 Å². The minimum atomic E-state index is -4.57. The van der Waals surface area contributed by atoms with E-state index < -0.39 is 18.4 Å². The van der Waals surface area contributed by atoms with Gasteiger partial charge in [-0.1, -0.05) is 0 Å². The molecule has 3 N–H and O–H groups in total. The minimum absolute atomic E-state index is 0.0995. The van der Waals surface area contributed by atoms with E-state index in [0.717, 1.165) is 21.8 Å². The highest BCUT2D eigenvalue weighted by Crippen LogP contribution is 2.33. The van der Waals surface area contributed by atoms with Gasteiger partial charge in [-0.05, 0) is 51.5 Å². The summed E-state index contributed by atoms with van der Waals surface area (Å²) in [6.07, 6.45) is -4.00. The molecule has 0 aliphatic rings. The van der Waals surface area contributed by atoms with Crippen molar-refractivity contribution in [1.29, 1.82) is 0 Å². The summed E-state index contributed by atoms with van der Waals surface area (Å²) >= 11 is 1.32. The molecule has 10 nitrogen and oxygen atoms in total. The second-order valence-corrected chi connectivity index (χ2v) is 10.1. The topological polar surface area (TPSA) is 123 Å². The summed E-state index contributed by atoms with van der Waals surface area (Å²) in [6.45, 7) is 5.63. The van der Waals surface area contributed by atoms with Crippen LogP contribution in [0.5, 0.6) is 0 Å². The number of aromatic nitrogens is 6. The third kappa shape index (κ3) is 5.34. The molecule has 0 bridgehead atoms. The van der Waals surface area contributed by atoms with Crippen LogP contribution in [0.3, 0.4) is 0 Å². The fourth-order valence-electron chi connectivity index (χ4n) is 4.57. The molecular formula is C25H26F3N7O3S. The van der Waals surface area contributed by atoms with Gasteiger partial charge in [0.25, 0.3) is 5.91 Å². The van der Waals surface area contributed by atoms with Crippen LogP contribution in [0.2, 0.25) is 0 Å². The Labute approximate surface area is 223 Å². The van der Waals surface area contributed by atoms with Crippen molar-refractivity contribution in [3.05, 3.63) is 51.0 Å². The summed E-state index contributed by atoms with van der Waals surface area (Å²) in [7, 11) is 0. The Hall–Kier alpha value is -3.91. The number of thiophene rings is 1. The Bertz CT molecular complexity index is 1700. The first-order valence-corrected chi connectivity index (χ1v) is 13.1. The Balaban J connectivity index is 1.52. The van der Waals surface area contributed by atoms with Crippen LogP contribution in [0.15, 0.2) is 29.1 Å². The number of benzene rings is 1. The predicted molar refractivity (Wildman–Crippen MR) is 142 cm³/mol. The SMILES string of the molecule is CCOCCCn1c(NC(=O)c2ccc(-c3c(C)n[nH]c3C)s2)nc2cc3[nH]c(=O)n(CC(F)(F)F)c3cc21. The van der Waals surface area contributed by atoms with Crippen LogP contribution in [0.25, 0.3) is 32.5 Å². The van der Waals surface area contributed by atoms with E-state index >= 15 is 0 Å². The number of fused-ring (bicyclic) bond motifs is 2. The molecule has 0 aliphatic heterocycles. The van der Waals surface area contributed by atoms with Gasteiger partial charge >= 0.3 is 11.9 Å². The van der Waals surface area contributed by atoms with Crippen molar-refractivity contribution in [3.8, 4) is 10.4 Å². The number of nitrogens with zero attached hydrogens (tertiary/aromatic N) is 4. The van der Waals surface area contributed by atoms with E-state index in [1.165, 1.54) is 23.5 Å². The highest BCUT2D eigenvalue weighted by Gasteiger charge is 2.30. The first-order valence-electron chi connectivity index (χ1n) is 12.3. The van der Waals surface area contributed by atoms with Crippen LogP contribution in [0, 0.1) is 13.8 Å². The molecule has 0 fully saturated rings. The number of hydrogen-bond donors (Lipinski definition) is 3. The molecule has 206 valence electrons. The third-order valence-corrected chi connectivity index (χ3v) is 7.39. The zero-order valence-electron chi connectivity index (χ0n) is 21.4. The predicted octanol–water partition coefficient (Wildman–Crippen LogP) is 4.99. The Kier molecular flexibility index (Phi) is 7.07. The molecule has 39 heavy (non-hydrogen) atoms. The van der Waals surface area contributed by atoms with Gasteiger partial charge in [0.15, 0.2) is 0 Å². The average Bonchev–Trinajstić information content (AvgIpc) is 3.61. The van der Waals surface area contributed by atoms with Gasteiger partial charge in [-0.3, -0.25) is 19.8 Å². The maximum Gasteiger partial charge on any atom is 0.406 e. The number of ether oxygens (including phenoxy) is 1. The quantitative estimate of drug-likeness (QED) is 0.219. The largest absolute Gasteiger partial charge is 0.406 e. The molecule has 0 radical (unpaired) electrons. The lowest BCUT2D eigenvalue weighted by molar-refractivity contribution is -0.140. The number of H-pyrrole nitrogens is 2. The molecule has 4 aromatic heterocycles. The minimum Gasteiger partial charge on any atom is -0.382 e. The van der Waals surface area contributed by atoms with Crippen molar-refractivity contribution in [2.24, 2.45) is 0 Å². The lowest BCUT2D eigenvalue weighted by atomic mass is 10.1. The number of nitrogens with one attached hydrogen (secondary N) is 3. The number of aromatic amines is 2. The van der Waals surface area contributed by atoms with Gasteiger partial charge in [0.2, 0.25) is 5.95 Å². The van der Waals surface area contributed by atoms with E-state index in [2.05, 4.69) is 25.5 Å². The van der Waals surface area contributed by atoms with Crippen LogP contribution in [-0.4, -0.2) is 54.6 Å². The number of carbonyl (C=O) groups excluding carboxylic acids is 1. The number of rotatable bonds is 9. The van der Waals surface area contributed by atoms with Crippen molar-refractivity contribution in [2.75, 3.05) is 18.5 Å². The first-order chi connectivity index (χ1) is 18.6. The average molecular weight is 562 g/mol. The molecular weight excluding hydrogens is 535 g/mol. The van der Waals surface area contributed by atoms with Crippen molar-refractivity contribution >= 4 is 45.3 Å². The van der Waals surface area contributed by atoms with Crippen LogP contribution < -0.4 is 11.0 Å². The summed E-state index contributed by atoms with van der Waals surface area (Å²) < 4.78 is 47.2. The molecule has 0 aliphatic carbocycles. The standard InChI is InChI=1S/C25H26F3N7O3S/c1-4-38-9-5-8-34-17-11-18-16(30-24(37)35(18)12-25(26,27)28)10-15(17)29-23(34)31-22(36)20-7-6-19(39-20)21-13(2)32-33-14(21)3/h6-7,10-11H,4-5,8-9,12H2,1-3H3,(H,30,37)(H,32,33)(H,29,31,36). The van der Waals surface area contributed by atoms with Gasteiger partial charge in [0.1, 0.15) is 6.54 Å². The molecule has 4 heterocycles. The molecule has 0 atom stereocenters. The fraction of sp³-hybridized carbons (Fsp3) is 0.360. The second-order valence-electron chi connectivity index (χ2n) is 9.05. The second kappa shape index (κ2) is 10.3. The molecule has 5 rings (SSSR count). The fourth-order valence-corrected chi connectivity index (χ4v) is 5.63. The summed E-state index contributed by atoms with van der Waals surface area (Å²) in [5.41, 5.74) is 3.05. The number of anilines is 1. The maximum absolute atomic E-state index is 13.2. The number of alkyl halides is 3. The van der Waals surface area contributed by atoms with E-state index in [9.17, 15) is 22.8 Å². The molecule has 0 spiro atoms. The Morgan fingerprint density at radius 1 is 1.18 bits per heavy atom. The molecule has 0 saturated heterocycles. The lowest BCUT2D eigenvalue weighted by Gasteiger charge is -2.11. The third-order valence-electron chi connectivity index (χ3n) is 6.28. The number of amides is 1. The van der Waals surface area contributed by atoms with E-state index in [0.29, 0.717) is 46.7 Å². The number of halogens is 3. The van der Waals surface area contributed by atoms with Gasteiger partial charge < -0.3 is 14.3 Å². The van der Waals surface area contributed by atoms with Gasteiger partial charge in [0.05, 0.1) is 32.6 Å².